The van der Waals surface area contributed by atoms with Crippen LogP contribution in [0.3, 0.4) is 0 Å². The lowest BCUT2D eigenvalue weighted by Gasteiger charge is -2.37. The minimum atomic E-state index is -0.971. The molecule has 194 valence electrons. The predicted octanol–water partition coefficient (Wildman–Crippen LogP) is 1.08. The molecule has 0 saturated carbocycles. The highest BCUT2D eigenvalue weighted by molar-refractivity contribution is 6.23. The monoisotopic (exact) mass is 499 g/mol. The maximum absolute atomic E-state index is 13.1. The van der Waals surface area contributed by atoms with Crippen LogP contribution in [0.15, 0.2) is 18.2 Å². The van der Waals surface area contributed by atoms with Gasteiger partial charge in [0.05, 0.1) is 11.1 Å². The molecule has 36 heavy (non-hydrogen) atoms. The van der Waals surface area contributed by atoms with Crippen LogP contribution in [0.4, 0.5) is 10.5 Å². The van der Waals surface area contributed by atoms with Gasteiger partial charge in [0.1, 0.15) is 11.6 Å². The normalized spacial score (nSPS) is 20.9. The van der Waals surface area contributed by atoms with Crippen LogP contribution >= 0.6 is 0 Å². The molecule has 1 unspecified atom stereocenters. The average molecular weight is 500 g/mol. The van der Waals surface area contributed by atoms with E-state index in [0.717, 1.165) is 43.3 Å². The Kier molecular flexibility index (Phi) is 7.03. The highest BCUT2D eigenvalue weighted by Crippen LogP contribution is 2.31. The van der Waals surface area contributed by atoms with E-state index in [-0.39, 0.29) is 30.1 Å². The largest absolute Gasteiger partial charge is 0.444 e. The summed E-state index contributed by atoms with van der Waals surface area (Å²) >= 11 is 0. The fraction of sp³-hybridized carbons (Fsp3) is 0.560. The number of carbonyl (C=O) groups excluding carboxylic acids is 5. The number of piperazine rings is 1. The van der Waals surface area contributed by atoms with Gasteiger partial charge in [0.2, 0.25) is 11.8 Å². The van der Waals surface area contributed by atoms with E-state index in [1.165, 1.54) is 0 Å². The van der Waals surface area contributed by atoms with Gasteiger partial charge in [-0.25, -0.2) is 4.79 Å². The quantitative estimate of drug-likeness (QED) is 0.598. The Bertz CT molecular complexity index is 1090. The first-order chi connectivity index (χ1) is 16.9. The molecule has 3 heterocycles. The van der Waals surface area contributed by atoms with Crippen molar-refractivity contribution in [2.75, 3.05) is 51.2 Å². The summed E-state index contributed by atoms with van der Waals surface area (Å²) in [6, 6.07) is 4.21. The number of amides is 5. The van der Waals surface area contributed by atoms with Gasteiger partial charge < -0.3 is 14.5 Å². The number of hydrogen-bond donors (Lipinski definition) is 1. The minimum absolute atomic E-state index is 0.0902. The molecule has 11 nitrogen and oxygen atoms in total. The third kappa shape index (κ3) is 5.35. The molecule has 3 aliphatic rings. The van der Waals surface area contributed by atoms with Crippen molar-refractivity contribution < 1.29 is 28.7 Å². The zero-order valence-electron chi connectivity index (χ0n) is 21.2. The van der Waals surface area contributed by atoms with Crippen molar-refractivity contribution in [3.05, 3.63) is 29.3 Å². The van der Waals surface area contributed by atoms with Crippen LogP contribution in [0.5, 0.6) is 0 Å². The molecule has 1 aromatic carbocycles. The molecule has 0 spiro atoms. The Balaban J connectivity index is 1.34. The molecule has 0 radical (unpaired) electrons. The summed E-state index contributed by atoms with van der Waals surface area (Å²) in [5, 5.41) is 2.21. The minimum Gasteiger partial charge on any atom is -0.444 e. The number of ether oxygens (including phenoxy) is 1. The molecule has 2 fully saturated rings. The van der Waals surface area contributed by atoms with E-state index in [4.69, 9.17) is 4.74 Å². The van der Waals surface area contributed by atoms with Crippen molar-refractivity contribution in [3.63, 3.8) is 0 Å². The van der Waals surface area contributed by atoms with Gasteiger partial charge in [-0.1, -0.05) is 0 Å². The third-order valence-corrected chi connectivity index (χ3v) is 6.62. The van der Waals surface area contributed by atoms with Crippen molar-refractivity contribution in [2.24, 2.45) is 0 Å². The van der Waals surface area contributed by atoms with E-state index in [1.54, 1.807) is 24.1 Å². The van der Waals surface area contributed by atoms with E-state index >= 15 is 0 Å². The van der Waals surface area contributed by atoms with Crippen LogP contribution < -0.4 is 10.2 Å². The first-order valence-electron chi connectivity index (χ1n) is 12.2. The number of benzene rings is 1. The zero-order chi connectivity index (χ0) is 26.2. The van der Waals surface area contributed by atoms with E-state index in [1.807, 2.05) is 26.8 Å². The van der Waals surface area contributed by atoms with Crippen LogP contribution in [0, 0.1) is 0 Å². The number of piperidine rings is 1. The number of nitrogens with one attached hydrogen (secondary N) is 1. The molecule has 0 bridgehead atoms. The maximum Gasteiger partial charge on any atom is 0.410 e. The molecule has 1 atom stereocenters. The molecule has 1 N–H and O–H groups in total. The van der Waals surface area contributed by atoms with Crippen molar-refractivity contribution in [1.29, 1.82) is 0 Å². The molecule has 4 rings (SSSR count). The number of likely N-dealkylation sites (N-methyl/N-ethyl adjacent to an activating group) is 1. The standard InChI is InChI=1S/C25H33N5O6/c1-25(2,3)36-24(35)27(4)9-10-28-11-13-29(14-12-28)16-5-6-17-18(15-16)23(34)30(22(17)33)19-7-8-20(31)26-21(19)32/h5-6,15,19H,7-14H2,1-4H3,(H,26,31,32). The van der Waals surface area contributed by atoms with Crippen LogP contribution in [0.25, 0.3) is 0 Å². The molecule has 0 aliphatic carbocycles. The highest BCUT2D eigenvalue weighted by atomic mass is 16.6. The molecular weight excluding hydrogens is 466 g/mol. The van der Waals surface area contributed by atoms with E-state index < -0.39 is 35.3 Å². The Morgan fingerprint density at radius 3 is 2.36 bits per heavy atom. The summed E-state index contributed by atoms with van der Waals surface area (Å²) in [6.07, 6.45) is -0.120. The topological polar surface area (TPSA) is 120 Å². The smallest absolute Gasteiger partial charge is 0.410 e. The van der Waals surface area contributed by atoms with Gasteiger partial charge in [0.15, 0.2) is 0 Å². The molecular formula is C25H33N5O6. The second-order valence-corrected chi connectivity index (χ2v) is 10.4. The fourth-order valence-electron chi connectivity index (χ4n) is 4.61. The molecule has 11 heteroatoms. The summed E-state index contributed by atoms with van der Waals surface area (Å²) in [5.41, 5.74) is 0.865. The summed E-state index contributed by atoms with van der Waals surface area (Å²) in [7, 11) is 1.73. The molecule has 0 aromatic heterocycles. The Morgan fingerprint density at radius 2 is 1.72 bits per heavy atom. The van der Waals surface area contributed by atoms with Crippen LogP contribution in [-0.4, -0.2) is 102 Å². The number of rotatable bonds is 5. The van der Waals surface area contributed by atoms with Gasteiger partial charge in [-0.3, -0.25) is 34.3 Å². The number of nitrogens with zero attached hydrogens (tertiary/aromatic N) is 4. The summed E-state index contributed by atoms with van der Waals surface area (Å²) < 4.78 is 5.39. The van der Waals surface area contributed by atoms with Crippen LogP contribution in [0.2, 0.25) is 0 Å². The van der Waals surface area contributed by atoms with Gasteiger partial charge in [0, 0.05) is 58.4 Å². The molecule has 3 aliphatic heterocycles. The summed E-state index contributed by atoms with van der Waals surface area (Å²) in [6.45, 7) is 9.83. The van der Waals surface area contributed by atoms with Crippen molar-refractivity contribution >= 4 is 35.4 Å². The molecule has 5 amide bonds. The van der Waals surface area contributed by atoms with E-state index in [0.29, 0.717) is 6.54 Å². The number of anilines is 1. The van der Waals surface area contributed by atoms with E-state index in [9.17, 15) is 24.0 Å². The Hall–Kier alpha value is -3.47. The third-order valence-electron chi connectivity index (χ3n) is 6.62. The van der Waals surface area contributed by atoms with Crippen LogP contribution in [0.1, 0.15) is 54.3 Å². The molecule has 2 saturated heterocycles. The van der Waals surface area contributed by atoms with E-state index in [2.05, 4.69) is 15.1 Å². The number of imide groups is 2. The lowest BCUT2D eigenvalue weighted by molar-refractivity contribution is -0.136. The van der Waals surface area contributed by atoms with Gasteiger partial charge >= 0.3 is 6.09 Å². The first-order valence-corrected chi connectivity index (χ1v) is 12.2. The van der Waals surface area contributed by atoms with Gasteiger partial charge in [-0.15, -0.1) is 0 Å². The zero-order valence-corrected chi connectivity index (χ0v) is 21.2. The number of fused-ring (bicyclic) bond motifs is 1. The summed E-state index contributed by atoms with van der Waals surface area (Å²) in [4.78, 5) is 68.8. The second-order valence-electron chi connectivity index (χ2n) is 10.4. The Morgan fingerprint density at radius 1 is 1.06 bits per heavy atom. The second kappa shape index (κ2) is 9.88. The van der Waals surface area contributed by atoms with Gasteiger partial charge in [-0.2, -0.15) is 0 Å². The predicted molar refractivity (Wildman–Crippen MR) is 131 cm³/mol. The molecule has 1 aromatic rings. The summed E-state index contributed by atoms with van der Waals surface area (Å²) in [5.74, 6) is -2.02. The lowest BCUT2D eigenvalue weighted by Crippen LogP contribution is -2.54. The maximum atomic E-state index is 13.1. The first kappa shape index (κ1) is 25.6. The van der Waals surface area contributed by atoms with Crippen molar-refractivity contribution in [3.8, 4) is 0 Å². The fourth-order valence-corrected chi connectivity index (χ4v) is 4.61. The number of carbonyl (C=O) groups is 5. The average Bonchev–Trinajstić information content (AvgIpc) is 3.06. The Labute approximate surface area is 210 Å². The van der Waals surface area contributed by atoms with Crippen molar-refractivity contribution in [1.82, 2.24) is 20.0 Å². The van der Waals surface area contributed by atoms with Gasteiger partial charge in [0.25, 0.3) is 11.8 Å². The highest BCUT2D eigenvalue weighted by Gasteiger charge is 2.44. The van der Waals surface area contributed by atoms with Crippen LogP contribution in [-0.2, 0) is 14.3 Å². The SMILES string of the molecule is CN(CCN1CCN(c2ccc3c(c2)C(=O)N(C2CCC(=O)NC2=O)C3=O)CC1)C(=O)OC(C)(C)C. The number of hydrogen-bond acceptors (Lipinski definition) is 8. The van der Waals surface area contributed by atoms with Gasteiger partial charge in [-0.05, 0) is 45.4 Å². The van der Waals surface area contributed by atoms with Crippen molar-refractivity contribution in [2.45, 2.75) is 45.3 Å². The lowest BCUT2D eigenvalue weighted by atomic mass is 10.0.